The first kappa shape index (κ1) is 26.3. The first-order valence-electron chi connectivity index (χ1n) is 11.3. The smallest absolute Gasteiger partial charge is 0.452 e. The number of amides is 1. The molecule has 1 saturated carbocycles. The molecular weight excluding hydrogens is 551 g/mol. The average Bonchev–Trinajstić information content (AvgIpc) is 3.23. The van der Waals surface area contributed by atoms with E-state index in [0.29, 0.717) is 54.8 Å². The van der Waals surface area contributed by atoms with E-state index >= 15 is 0 Å². The molecule has 0 spiro atoms. The SMILES string of the molecule is O=C(c1cccc([C@@H]2CC2(NS(=O)(=O)c2ccc(-c3cc(C(F)(F)F)on3)s2)C(=O)O)c1)N1CCOCC1. The van der Waals surface area contributed by atoms with E-state index in [1.807, 2.05) is 0 Å². The molecule has 5 rings (SSSR count). The van der Waals surface area contributed by atoms with Gasteiger partial charge in [-0.3, -0.25) is 9.59 Å². The van der Waals surface area contributed by atoms with E-state index in [-0.39, 0.29) is 27.1 Å². The molecule has 3 heterocycles. The highest BCUT2D eigenvalue weighted by Gasteiger charge is 2.63. The number of carbonyl (C=O) groups excluding carboxylic acids is 1. The Balaban J connectivity index is 1.35. The van der Waals surface area contributed by atoms with Gasteiger partial charge in [-0.1, -0.05) is 17.3 Å². The van der Waals surface area contributed by atoms with Crippen LogP contribution in [0.3, 0.4) is 0 Å². The molecule has 2 fully saturated rings. The summed E-state index contributed by atoms with van der Waals surface area (Å²) >= 11 is 0.623. The number of nitrogens with one attached hydrogen (secondary N) is 1. The molecule has 2 aromatic heterocycles. The molecule has 1 aromatic carbocycles. The number of thiophene rings is 1. The number of carboxylic acid groups (broad SMARTS) is 1. The third-order valence-corrected chi connectivity index (χ3v) is 9.49. The minimum atomic E-state index is -4.75. The van der Waals surface area contributed by atoms with Crippen LogP contribution in [0.15, 0.2) is 51.2 Å². The largest absolute Gasteiger partial charge is 0.480 e. The van der Waals surface area contributed by atoms with Crippen molar-refractivity contribution in [3.63, 3.8) is 0 Å². The normalized spacial score (nSPS) is 21.9. The minimum absolute atomic E-state index is 0.0484. The topological polar surface area (TPSA) is 139 Å². The zero-order chi connectivity index (χ0) is 27.3. The fraction of sp³-hybridized carbons (Fsp3) is 0.348. The zero-order valence-corrected chi connectivity index (χ0v) is 21.0. The Morgan fingerprint density at radius 3 is 2.55 bits per heavy atom. The van der Waals surface area contributed by atoms with Crippen molar-refractivity contribution in [3.8, 4) is 10.6 Å². The molecule has 1 aliphatic heterocycles. The number of alkyl halides is 3. The molecule has 2 aliphatic rings. The van der Waals surface area contributed by atoms with Crippen LogP contribution < -0.4 is 4.72 Å². The predicted octanol–water partition coefficient (Wildman–Crippen LogP) is 3.18. The van der Waals surface area contributed by atoms with Gasteiger partial charge in [0.15, 0.2) is 0 Å². The summed E-state index contributed by atoms with van der Waals surface area (Å²) in [4.78, 5) is 26.8. The number of ether oxygens (including phenoxy) is 1. The zero-order valence-electron chi connectivity index (χ0n) is 19.4. The molecule has 1 saturated heterocycles. The van der Waals surface area contributed by atoms with Gasteiger partial charge < -0.3 is 19.3 Å². The van der Waals surface area contributed by atoms with E-state index < -0.39 is 39.4 Å². The molecule has 0 radical (unpaired) electrons. The quantitative estimate of drug-likeness (QED) is 0.441. The van der Waals surface area contributed by atoms with Crippen LogP contribution in [0.1, 0.15) is 34.0 Å². The second-order valence-electron chi connectivity index (χ2n) is 8.86. The minimum Gasteiger partial charge on any atom is -0.480 e. The summed E-state index contributed by atoms with van der Waals surface area (Å²) in [7, 11) is -4.38. The molecule has 10 nitrogen and oxygen atoms in total. The lowest BCUT2D eigenvalue weighted by Gasteiger charge is -2.27. The lowest BCUT2D eigenvalue weighted by molar-refractivity contribution is -0.155. The van der Waals surface area contributed by atoms with Gasteiger partial charge in [0.25, 0.3) is 15.9 Å². The highest BCUT2D eigenvalue weighted by Crippen LogP contribution is 2.53. The molecular formula is C23H20F3N3O7S2. The number of morpholine rings is 1. The summed E-state index contributed by atoms with van der Waals surface area (Å²) in [6.07, 6.45) is -4.80. The van der Waals surface area contributed by atoms with Crippen molar-refractivity contribution in [2.24, 2.45) is 0 Å². The summed E-state index contributed by atoms with van der Waals surface area (Å²) < 4.78 is 76.1. The third-order valence-electron chi connectivity index (χ3n) is 6.38. The van der Waals surface area contributed by atoms with Gasteiger partial charge in [0.05, 0.1) is 18.1 Å². The van der Waals surface area contributed by atoms with Crippen molar-refractivity contribution in [1.29, 1.82) is 0 Å². The highest BCUT2D eigenvalue weighted by molar-refractivity contribution is 7.91. The second kappa shape index (κ2) is 9.48. The number of aliphatic carboxylic acids is 1. The Kier molecular flexibility index (Phi) is 6.57. The van der Waals surface area contributed by atoms with Gasteiger partial charge in [-0.05, 0) is 36.2 Å². The first-order chi connectivity index (χ1) is 17.9. The lowest BCUT2D eigenvalue weighted by atomic mass is 10.0. The monoisotopic (exact) mass is 571 g/mol. The standard InChI is InChI=1S/C23H20F3N3O7S2/c24-23(25,26)18-11-16(27-36-18)17-4-5-19(37-17)38(33,34)28-22(21(31)32)12-15(22)13-2-1-3-14(10-13)20(30)29-6-8-35-9-7-29/h1-5,10-11,15,28H,6-9,12H2,(H,31,32)/t15-,22?/m0/s1. The van der Waals surface area contributed by atoms with Gasteiger partial charge in [-0.2, -0.15) is 17.9 Å². The number of nitrogens with zero attached hydrogens (tertiary/aromatic N) is 2. The maximum absolute atomic E-state index is 13.1. The Morgan fingerprint density at radius 1 is 1.16 bits per heavy atom. The molecule has 2 N–H and O–H groups in total. The maximum Gasteiger partial charge on any atom is 0.452 e. The molecule has 38 heavy (non-hydrogen) atoms. The number of carboxylic acids is 1. The van der Waals surface area contributed by atoms with Crippen LogP contribution in [-0.2, 0) is 25.7 Å². The van der Waals surface area contributed by atoms with Gasteiger partial charge in [0.2, 0.25) is 5.76 Å². The van der Waals surface area contributed by atoms with Gasteiger partial charge in [0.1, 0.15) is 15.4 Å². The Hall–Kier alpha value is -3.27. The van der Waals surface area contributed by atoms with E-state index in [0.717, 1.165) is 6.07 Å². The highest BCUT2D eigenvalue weighted by atomic mass is 32.2. The van der Waals surface area contributed by atoms with Crippen molar-refractivity contribution in [1.82, 2.24) is 14.8 Å². The average molecular weight is 572 g/mol. The van der Waals surface area contributed by atoms with Crippen LogP contribution >= 0.6 is 11.3 Å². The number of hydrogen-bond acceptors (Lipinski definition) is 8. The third kappa shape index (κ3) is 4.93. The van der Waals surface area contributed by atoms with Crippen LogP contribution in [0.4, 0.5) is 13.2 Å². The molecule has 1 amide bonds. The van der Waals surface area contributed by atoms with Crippen molar-refractivity contribution in [2.75, 3.05) is 26.3 Å². The van der Waals surface area contributed by atoms with Crippen molar-refractivity contribution in [3.05, 3.63) is 59.4 Å². The molecule has 0 bridgehead atoms. The first-order valence-corrected chi connectivity index (χ1v) is 13.6. The summed E-state index contributed by atoms with van der Waals surface area (Å²) in [5.41, 5.74) is -1.21. The molecule has 15 heteroatoms. The van der Waals surface area contributed by atoms with Crippen LogP contribution in [0.25, 0.3) is 10.6 Å². The van der Waals surface area contributed by atoms with Crippen molar-refractivity contribution < 1.29 is 45.5 Å². The molecule has 202 valence electrons. The van der Waals surface area contributed by atoms with Crippen molar-refractivity contribution in [2.45, 2.75) is 28.3 Å². The van der Waals surface area contributed by atoms with Crippen LogP contribution in [0.2, 0.25) is 0 Å². The van der Waals surface area contributed by atoms with Gasteiger partial charge in [-0.15, -0.1) is 11.3 Å². The number of hydrogen-bond donors (Lipinski definition) is 2. The van der Waals surface area contributed by atoms with Crippen LogP contribution in [0, 0.1) is 0 Å². The fourth-order valence-electron chi connectivity index (χ4n) is 4.31. The van der Waals surface area contributed by atoms with Gasteiger partial charge in [-0.25, -0.2) is 8.42 Å². The van der Waals surface area contributed by atoms with Crippen molar-refractivity contribution >= 4 is 33.2 Å². The number of halogens is 3. The van der Waals surface area contributed by atoms with Crippen LogP contribution in [-0.4, -0.2) is 67.3 Å². The molecule has 2 atom stereocenters. The number of rotatable bonds is 7. The molecule has 1 unspecified atom stereocenters. The van der Waals surface area contributed by atoms with Gasteiger partial charge in [0, 0.05) is 30.6 Å². The Bertz CT molecular complexity index is 1500. The van der Waals surface area contributed by atoms with Crippen LogP contribution in [0.5, 0.6) is 0 Å². The summed E-state index contributed by atoms with van der Waals surface area (Å²) in [5.74, 6) is -3.69. The van der Waals surface area contributed by atoms with E-state index in [4.69, 9.17) is 4.74 Å². The number of aromatic nitrogens is 1. The molecule has 3 aromatic rings. The van der Waals surface area contributed by atoms with E-state index in [1.165, 1.54) is 6.07 Å². The van der Waals surface area contributed by atoms with E-state index in [1.54, 1.807) is 29.2 Å². The predicted molar refractivity (Wildman–Crippen MR) is 126 cm³/mol. The fourth-order valence-corrected chi connectivity index (χ4v) is 6.98. The number of benzene rings is 1. The van der Waals surface area contributed by atoms with Gasteiger partial charge >= 0.3 is 12.1 Å². The second-order valence-corrected chi connectivity index (χ2v) is 11.9. The summed E-state index contributed by atoms with van der Waals surface area (Å²) in [5, 5.41) is 13.3. The summed E-state index contributed by atoms with van der Waals surface area (Å²) in [6.45, 7) is 1.70. The van der Waals surface area contributed by atoms with E-state index in [2.05, 4.69) is 14.4 Å². The molecule has 1 aliphatic carbocycles. The lowest BCUT2D eigenvalue weighted by Crippen LogP contribution is -2.44. The number of carbonyl (C=O) groups is 2. The number of sulfonamides is 1. The Morgan fingerprint density at radius 2 is 1.89 bits per heavy atom. The van der Waals surface area contributed by atoms with E-state index in [9.17, 15) is 36.3 Å². The maximum atomic E-state index is 13.1. The summed E-state index contributed by atoms with van der Waals surface area (Å²) in [6, 6.07) is 9.48. The Labute approximate surface area is 218 Å².